The van der Waals surface area contributed by atoms with E-state index in [0.29, 0.717) is 6.04 Å². The Balaban J connectivity index is 0.00000361. The molecule has 114 valence electrons. The van der Waals surface area contributed by atoms with Gasteiger partial charge in [0.25, 0.3) is 5.82 Å². The normalized spacial score (nSPS) is 10.3. The molecule has 0 radical (unpaired) electrons. The number of imidazole rings is 1. The SMILES string of the molecule is C#CCc1n(C(CC)CC)cc[n+]1CCCCCC.[I-]. The van der Waals surface area contributed by atoms with E-state index in [9.17, 15) is 0 Å². The maximum absolute atomic E-state index is 5.54. The van der Waals surface area contributed by atoms with Gasteiger partial charge in [-0.1, -0.05) is 39.5 Å². The number of halogens is 1. The molecule has 1 aromatic rings. The van der Waals surface area contributed by atoms with Crippen LogP contribution >= 0.6 is 0 Å². The predicted octanol–water partition coefficient (Wildman–Crippen LogP) is 0.897. The molecule has 0 saturated heterocycles. The van der Waals surface area contributed by atoms with Gasteiger partial charge in [0.05, 0.1) is 6.54 Å². The fourth-order valence-electron chi connectivity index (χ4n) is 2.68. The third-order valence-corrected chi connectivity index (χ3v) is 3.89. The zero-order valence-corrected chi connectivity index (χ0v) is 15.4. The Morgan fingerprint density at radius 2 is 1.90 bits per heavy atom. The molecular formula is C17H29IN2. The van der Waals surface area contributed by atoms with Crippen LogP contribution in [0.5, 0.6) is 0 Å². The summed E-state index contributed by atoms with van der Waals surface area (Å²) in [6.45, 7) is 7.85. The van der Waals surface area contributed by atoms with Crippen LogP contribution < -0.4 is 28.5 Å². The Morgan fingerprint density at radius 3 is 2.45 bits per heavy atom. The lowest BCUT2D eigenvalue weighted by Crippen LogP contribution is -3.00. The standard InChI is InChI=1S/C17H29N2.HI/c1-5-9-10-11-13-18-14-15-19(16(7-3)8-4)17(18)12-6-2;/h2,14-16H,5,7-13H2,1,3-4H3;1H/q+1;/p-1. The quantitative estimate of drug-likeness (QED) is 0.257. The van der Waals surface area contributed by atoms with Gasteiger partial charge in [0.1, 0.15) is 24.9 Å². The van der Waals surface area contributed by atoms with Crippen molar-refractivity contribution < 1.29 is 28.5 Å². The first-order valence-corrected chi connectivity index (χ1v) is 7.80. The monoisotopic (exact) mass is 388 g/mol. The summed E-state index contributed by atoms with van der Waals surface area (Å²) in [5.41, 5.74) is 0. The second-order valence-corrected chi connectivity index (χ2v) is 5.23. The van der Waals surface area contributed by atoms with Gasteiger partial charge in [-0.05, 0) is 25.7 Å². The van der Waals surface area contributed by atoms with Gasteiger partial charge in [0.15, 0.2) is 0 Å². The summed E-state index contributed by atoms with van der Waals surface area (Å²) in [6.07, 6.45) is 18.2. The molecular weight excluding hydrogens is 359 g/mol. The second kappa shape index (κ2) is 11.2. The lowest BCUT2D eigenvalue weighted by molar-refractivity contribution is -0.703. The summed E-state index contributed by atoms with van der Waals surface area (Å²) >= 11 is 0. The maximum Gasteiger partial charge on any atom is 0.268 e. The number of hydrogen-bond donors (Lipinski definition) is 0. The minimum atomic E-state index is 0. The van der Waals surface area contributed by atoms with Gasteiger partial charge in [-0.3, -0.25) is 0 Å². The number of unbranched alkanes of at least 4 members (excludes halogenated alkanes) is 3. The largest absolute Gasteiger partial charge is 1.00 e. The molecule has 0 amide bonds. The first kappa shape index (κ1) is 19.5. The Kier molecular flexibility index (Phi) is 10.9. The topological polar surface area (TPSA) is 8.81 Å². The molecule has 0 aliphatic rings. The van der Waals surface area contributed by atoms with Gasteiger partial charge in [-0.15, -0.1) is 6.42 Å². The molecule has 1 aromatic heterocycles. The first-order valence-electron chi connectivity index (χ1n) is 7.80. The number of rotatable bonds is 9. The van der Waals surface area contributed by atoms with Gasteiger partial charge in [0.2, 0.25) is 0 Å². The van der Waals surface area contributed by atoms with Crippen LogP contribution in [-0.2, 0) is 13.0 Å². The highest BCUT2D eigenvalue weighted by Crippen LogP contribution is 2.17. The zero-order valence-electron chi connectivity index (χ0n) is 13.2. The number of terminal acetylenes is 1. The highest BCUT2D eigenvalue weighted by molar-refractivity contribution is 4.99. The third-order valence-electron chi connectivity index (χ3n) is 3.89. The van der Waals surface area contributed by atoms with Crippen molar-refractivity contribution in [2.45, 2.75) is 78.3 Å². The van der Waals surface area contributed by atoms with Crippen molar-refractivity contribution >= 4 is 0 Å². The van der Waals surface area contributed by atoms with Crippen molar-refractivity contribution in [3.05, 3.63) is 18.2 Å². The van der Waals surface area contributed by atoms with E-state index in [1.165, 1.54) is 44.3 Å². The average molecular weight is 388 g/mol. The first-order chi connectivity index (χ1) is 9.28. The summed E-state index contributed by atoms with van der Waals surface area (Å²) in [6, 6.07) is 0.584. The molecule has 1 rings (SSSR count). The van der Waals surface area contributed by atoms with Crippen molar-refractivity contribution in [2.24, 2.45) is 0 Å². The van der Waals surface area contributed by atoms with Crippen LogP contribution in [0.4, 0.5) is 0 Å². The molecule has 0 bridgehead atoms. The van der Waals surface area contributed by atoms with Gasteiger partial charge in [0, 0.05) is 0 Å². The van der Waals surface area contributed by atoms with Crippen molar-refractivity contribution in [1.29, 1.82) is 0 Å². The molecule has 0 fully saturated rings. The molecule has 0 spiro atoms. The Hall–Kier alpha value is -0.500. The molecule has 3 heteroatoms. The van der Waals surface area contributed by atoms with Gasteiger partial charge < -0.3 is 24.0 Å². The van der Waals surface area contributed by atoms with Gasteiger partial charge in [-0.2, -0.15) is 0 Å². The number of aromatic nitrogens is 2. The van der Waals surface area contributed by atoms with Gasteiger partial charge >= 0.3 is 0 Å². The van der Waals surface area contributed by atoms with E-state index >= 15 is 0 Å². The van der Waals surface area contributed by atoms with Crippen molar-refractivity contribution in [3.63, 3.8) is 0 Å². The van der Waals surface area contributed by atoms with Crippen LogP contribution in [0.2, 0.25) is 0 Å². The van der Waals surface area contributed by atoms with Crippen LogP contribution in [-0.4, -0.2) is 4.57 Å². The number of aryl methyl sites for hydroxylation is 1. The van der Waals surface area contributed by atoms with Crippen LogP contribution in [0.1, 0.15) is 71.2 Å². The van der Waals surface area contributed by atoms with Crippen LogP contribution in [0, 0.1) is 12.3 Å². The molecule has 0 atom stereocenters. The van der Waals surface area contributed by atoms with Crippen molar-refractivity contribution in [3.8, 4) is 12.3 Å². The van der Waals surface area contributed by atoms with E-state index in [-0.39, 0.29) is 24.0 Å². The van der Waals surface area contributed by atoms with E-state index in [0.717, 1.165) is 13.0 Å². The Bertz CT molecular complexity index is 400. The highest BCUT2D eigenvalue weighted by Gasteiger charge is 2.21. The zero-order chi connectivity index (χ0) is 14.1. The van der Waals surface area contributed by atoms with E-state index in [1.807, 2.05) is 0 Å². The molecule has 0 aliphatic heterocycles. The smallest absolute Gasteiger partial charge is 0.268 e. The molecule has 0 N–H and O–H groups in total. The van der Waals surface area contributed by atoms with Crippen LogP contribution in [0.3, 0.4) is 0 Å². The number of hydrogen-bond acceptors (Lipinski definition) is 0. The Labute approximate surface area is 142 Å². The summed E-state index contributed by atoms with van der Waals surface area (Å²) in [5.74, 6) is 4.11. The average Bonchev–Trinajstić information content (AvgIpc) is 2.81. The predicted molar refractivity (Wildman–Crippen MR) is 80.9 cm³/mol. The molecule has 0 aliphatic carbocycles. The second-order valence-electron chi connectivity index (χ2n) is 5.23. The van der Waals surface area contributed by atoms with E-state index < -0.39 is 0 Å². The highest BCUT2D eigenvalue weighted by atomic mass is 127. The molecule has 0 aromatic carbocycles. The van der Waals surface area contributed by atoms with Gasteiger partial charge in [-0.25, -0.2) is 9.13 Å². The fourth-order valence-corrected chi connectivity index (χ4v) is 2.68. The molecule has 2 nitrogen and oxygen atoms in total. The van der Waals surface area contributed by atoms with Crippen LogP contribution in [0.15, 0.2) is 12.4 Å². The molecule has 0 unspecified atom stereocenters. The minimum Gasteiger partial charge on any atom is -1.00 e. The summed E-state index contributed by atoms with van der Waals surface area (Å²) in [4.78, 5) is 0. The van der Waals surface area contributed by atoms with Crippen molar-refractivity contribution in [2.75, 3.05) is 0 Å². The molecule has 20 heavy (non-hydrogen) atoms. The molecule has 1 heterocycles. The van der Waals surface area contributed by atoms with E-state index in [1.54, 1.807) is 0 Å². The fraction of sp³-hybridized carbons (Fsp3) is 0.706. The number of nitrogens with zero attached hydrogens (tertiary/aromatic N) is 2. The van der Waals surface area contributed by atoms with Crippen molar-refractivity contribution in [1.82, 2.24) is 4.57 Å². The van der Waals surface area contributed by atoms with E-state index in [4.69, 9.17) is 6.42 Å². The lowest BCUT2D eigenvalue weighted by atomic mass is 10.1. The Morgan fingerprint density at radius 1 is 1.20 bits per heavy atom. The van der Waals surface area contributed by atoms with Crippen LogP contribution in [0.25, 0.3) is 0 Å². The summed E-state index contributed by atoms with van der Waals surface area (Å²) < 4.78 is 4.74. The van der Waals surface area contributed by atoms with E-state index in [2.05, 4.69) is 48.2 Å². The minimum absolute atomic E-state index is 0. The summed E-state index contributed by atoms with van der Waals surface area (Å²) in [7, 11) is 0. The third kappa shape index (κ3) is 5.47. The summed E-state index contributed by atoms with van der Waals surface area (Å²) in [5, 5.41) is 0. The molecule has 0 saturated carbocycles. The maximum atomic E-state index is 5.54. The lowest BCUT2D eigenvalue weighted by Gasteiger charge is -2.11.